The highest BCUT2D eigenvalue weighted by atomic mass is 16.2. The number of nitrogens with zero attached hydrogens (tertiary/aromatic N) is 6. The summed E-state index contributed by atoms with van der Waals surface area (Å²) in [4.78, 5) is 19.1. The molecule has 1 amide bonds. The van der Waals surface area contributed by atoms with Gasteiger partial charge >= 0.3 is 0 Å². The molecule has 0 spiro atoms. The zero-order valence-corrected chi connectivity index (χ0v) is 14.8. The molecule has 1 saturated heterocycles. The van der Waals surface area contributed by atoms with Gasteiger partial charge in [0, 0.05) is 50.2 Å². The number of aryl methyl sites for hydroxylation is 3. The summed E-state index contributed by atoms with van der Waals surface area (Å²) >= 11 is 0. The molecule has 1 aliphatic heterocycles. The number of rotatable bonds is 2. The van der Waals surface area contributed by atoms with E-state index in [-0.39, 0.29) is 5.91 Å². The van der Waals surface area contributed by atoms with Crippen LogP contribution in [0, 0.1) is 13.8 Å². The van der Waals surface area contributed by atoms with Gasteiger partial charge in [0.2, 0.25) is 0 Å². The Hall–Kier alpha value is -2.70. The third-order valence-corrected chi connectivity index (χ3v) is 4.95. The number of hydrogen-bond acceptors (Lipinski definition) is 4. The van der Waals surface area contributed by atoms with Crippen LogP contribution in [0.4, 0.5) is 0 Å². The molecule has 4 heterocycles. The average Bonchev–Trinajstić information content (AvgIpc) is 3.14. The second-order valence-electron chi connectivity index (χ2n) is 6.79. The van der Waals surface area contributed by atoms with Crippen molar-refractivity contribution in [3.63, 3.8) is 0 Å². The standard InChI is InChI=1S/C18H22N6O/c1-12-10-17-19-7-4-16(24(17)20-12)14-5-8-23(9-6-14)18(25)15-11-22(3)21-13(15)2/h4,7,10-11,14H,5-6,8-9H2,1-3H3. The molecule has 3 aromatic rings. The predicted octanol–water partition coefficient (Wildman–Crippen LogP) is 2.10. The van der Waals surface area contributed by atoms with Gasteiger partial charge in [-0.3, -0.25) is 9.48 Å². The monoisotopic (exact) mass is 338 g/mol. The summed E-state index contributed by atoms with van der Waals surface area (Å²) in [5.74, 6) is 0.475. The summed E-state index contributed by atoms with van der Waals surface area (Å²) in [5, 5.41) is 8.84. The maximum atomic E-state index is 12.7. The highest BCUT2D eigenvalue weighted by molar-refractivity contribution is 5.95. The summed E-state index contributed by atoms with van der Waals surface area (Å²) in [5.41, 5.74) is 4.54. The Kier molecular flexibility index (Phi) is 3.78. The van der Waals surface area contributed by atoms with Crippen molar-refractivity contribution in [2.45, 2.75) is 32.6 Å². The number of fused-ring (bicyclic) bond motifs is 1. The van der Waals surface area contributed by atoms with E-state index in [2.05, 4.69) is 15.2 Å². The topological polar surface area (TPSA) is 68.3 Å². The number of aromatic nitrogens is 5. The van der Waals surface area contributed by atoms with Crippen LogP contribution in [0.5, 0.6) is 0 Å². The molecule has 0 aliphatic carbocycles. The summed E-state index contributed by atoms with van der Waals surface area (Å²) in [7, 11) is 1.84. The van der Waals surface area contributed by atoms with Gasteiger partial charge in [0.05, 0.1) is 17.0 Å². The molecule has 1 aliphatic rings. The van der Waals surface area contributed by atoms with E-state index in [1.807, 2.05) is 54.8 Å². The van der Waals surface area contributed by atoms with E-state index >= 15 is 0 Å². The molecule has 3 aromatic heterocycles. The van der Waals surface area contributed by atoms with E-state index in [4.69, 9.17) is 0 Å². The van der Waals surface area contributed by atoms with Gasteiger partial charge < -0.3 is 4.90 Å². The van der Waals surface area contributed by atoms with Crippen molar-refractivity contribution < 1.29 is 4.79 Å². The molecule has 0 atom stereocenters. The highest BCUT2D eigenvalue weighted by Gasteiger charge is 2.27. The molecule has 1 fully saturated rings. The zero-order chi connectivity index (χ0) is 17.6. The molecule has 130 valence electrons. The van der Waals surface area contributed by atoms with Crippen molar-refractivity contribution in [3.05, 3.63) is 47.2 Å². The van der Waals surface area contributed by atoms with Gasteiger partial charge in [0.1, 0.15) is 0 Å². The molecule has 0 aromatic carbocycles. The molecule has 0 radical (unpaired) electrons. The van der Waals surface area contributed by atoms with E-state index in [1.165, 1.54) is 5.69 Å². The Morgan fingerprint density at radius 3 is 2.64 bits per heavy atom. The van der Waals surface area contributed by atoms with Gasteiger partial charge in [-0.2, -0.15) is 10.2 Å². The third kappa shape index (κ3) is 2.79. The first-order chi connectivity index (χ1) is 12.0. The van der Waals surface area contributed by atoms with Crippen LogP contribution in [0.3, 0.4) is 0 Å². The van der Waals surface area contributed by atoms with E-state index in [0.29, 0.717) is 11.5 Å². The zero-order valence-electron chi connectivity index (χ0n) is 14.8. The first-order valence-electron chi connectivity index (χ1n) is 8.64. The molecular formula is C18H22N6O. The minimum absolute atomic E-state index is 0.0823. The van der Waals surface area contributed by atoms with Gasteiger partial charge in [-0.25, -0.2) is 9.50 Å². The van der Waals surface area contributed by atoms with Crippen molar-refractivity contribution in [2.75, 3.05) is 13.1 Å². The van der Waals surface area contributed by atoms with Crippen LogP contribution in [-0.2, 0) is 7.05 Å². The first kappa shape index (κ1) is 15.8. The van der Waals surface area contributed by atoms with Gasteiger partial charge in [-0.15, -0.1) is 0 Å². The van der Waals surface area contributed by atoms with Gasteiger partial charge in [-0.1, -0.05) is 0 Å². The number of carbonyl (C=O) groups excluding carboxylic acids is 1. The molecular weight excluding hydrogens is 316 g/mol. The smallest absolute Gasteiger partial charge is 0.257 e. The molecule has 7 nitrogen and oxygen atoms in total. The fourth-order valence-electron chi connectivity index (χ4n) is 3.70. The lowest BCUT2D eigenvalue weighted by Gasteiger charge is -2.32. The normalized spacial score (nSPS) is 15.9. The number of hydrogen-bond donors (Lipinski definition) is 0. The lowest BCUT2D eigenvalue weighted by molar-refractivity contribution is 0.0711. The number of likely N-dealkylation sites (tertiary alicyclic amines) is 1. The van der Waals surface area contributed by atoms with Crippen molar-refractivity contribution in [1.82, 2.24) is 29.3 Å². The van der Waals surface area contributed by atoms with Crippen LogP contribution in [0.2, 0.25) is 0 Å². The van der Waals surface area contributed by atoms with Crippen LogP contribution in [-0.4, -0.2) is 48.3 Å². The van der Waals surface area contributed by atoms with E-state index < -0.39 is 0 Å². The minimum atomic E-state index is 0.0823. The molecule has 0 unspecified atom stereocenters. The third-order valence-electron chi connectivity index (χ3n) is 4.95. The fourth-order valence-corrected chi connectivity index (χ4v) is 3.70. The summed E-state index contributed by atoms with van der Waals surface area (Å²) < 4.78 is 3.64. The molecule has 0 saturated carbocycles. The minimum Gasteiger partial charge on any atom is -0.338 e. The number of carbonyl (C=O) groups is 1. The van der Waals surface area contributed by atoms with Crippen molar-refractivity contribution >= 4 is 11.6 Å². The summed E-state index contributed by atoms with van der Waals surface area (Å²) in [6.07, 6.45) is 5.52. The van der Waals surface area contributed by atoms with Crippen molar-refractivity contribution in [1.29, 1.82) is 0 Å². The largest absolute Gasteiger partial charge is 0.338 e. The Balaban J connectivity index is 1.51. The highest BCUT2D eigenvalue weighted by Crippen LogP contribution is 2.29. The second kappa shape index (κ2) is 5.98. The van der Waals surface area contributed by atoms with Crippen molar-refractivity contribution in [3.8, 4) is 0 Å². The summed E-state index contributed by atoms with van der Waals surface area (Å²) in [6, 6.07) is 4.04. The van der Waals surface area contributed by atoms with E-state index in [9.17, 15) is 4.79 Å². The predicted molar refractivity (Wildman–Crippen MR) is 93.5 cm³/mol. The second-order valence-corrected chi connectivity index (χ2v) is 6.79. The SMILES string of the molecule is Cc1cc2nccc(C3CCN(C(=O)c4cn(C)nc4C)CC3)n2n1. The van der Waals surface area contributed by atoms with Crippen LogP contribution in [0.15, 0.2) is 24.5 Å². The quantitative estimate of drug-likeness (QED) is 0.717. The lowest BCUT2D eigenvalue weighted by Crippen LogP contribution is -2.38. The van der Waals surface area contributed by atoms with Crippen LogP contribution in [0.25, 0.3) is 5.65 Å². The maximum absolute atomic E-state index is 12.7. The lowest BCUT2D eigenvalue weighted by atomic mass is 9.93. The molecule has 0 N–H and O–H groups in total. The fraction of sp³-hybridized carbons (Fsp3) is 0.444. The van der Waals surface area contributed by atoms with Crippen LogP contribution >= 0.6 is 0 Å². The molecule has 25 heavy (non-hydrogen) atoms. The number of amides is 1. The molecule has 4 rings (SSSR count). The van der Waals surface area contributed by atoms with E-state index in [0.717, 1.165) is 43.0 Å². The summed E-state index contributed by atoms with van der Waals surface area (Å²) in [6.45, 7) is 5.37. The van der Waals surface area contributed by atoms with Gasteiger partial charge in [-0.05, 0) is 32.8 Å². The van der Waals surface area contributed by atoms with Gasteiger partial charge in [0.25, 0.3) is 5.91 Å². The Labute approximate surface area is 146 Å². The Morgan fingerprint density at radius 1 is 1.20 bits per heavy atom. The first-order valence-corrected chi connectivity index (χ1v) is 8.64. The Bertz CT molecular complexity index is 932. The van der Waals surface area contributed by atoms with Gasteiger partial charge in [0.15, 0.2) is 5.65 Å². The average molecular weight is 338 g/mol. The molecule has 7 heteroatoms. The Morgan fingerprint density at radius 2 is 1.96 bits per heavy atom. The molecule has 0 bridgehead atoms. The number of piperidine rings is 1. The maximum Gasteiger partial charge on any atom is 0.257 e. The van der Waals surface area contributed by atoms with E-state index in [1.54, 1.807) is 4.68 Å². The van der Waals surface area contributed by atoms with Crippen LogP contribution < -0.4 is 0 Å². The van der Waals surface area contributed by atoms with Crippen LogP contribution in [0.1, 0.15) is 46.2 Å². The van der Waals surface area contributed by atoms with Crippen molar-refractivity contribution in [2.24, 2.45) is 7.05 Å².